The largest absolute Gasteiger partial charge is 0.398 e. The van der Waals surface area contributed by atoms with E-state index in [2.05, 4.69) is 43.3 Å². The van der Waals surface area contributed by atoms with Gasteiger partial charge < -0.3 is 21.5 Å². The first kappa shape index (κ1) is 22.1. The molecule has 0 aliphatic rings. The van der Waals surface area contributed by atoms with Crippen LogP contribution in [0.4, 0.5) is 17.5 Å². The van der Waals surface area contributed by atoms with Crippen LogP contribution in [-0.4, -0.2) is 37.5 Å². The number of halogens is 1. The molecule has 162 valence electrons. The van der Waals surface area contributed by atoms with Gasteiger partial charge in [0.15, 0.2) is 5.82 Å². The number of rotatable bonds is 8. The van der Waals surface area contributed by atoms with Crippen molar-refractivity contribution in [3.05, 3.63) is 34.5 Å². The molecular weight excluding hydrogens is 402 g/mol. The van der Waals surface area contributed by atoms with Crippen LogP contribution in [0.3, 0.4) is 0 Å². The van der Waals surface area contributed by atoms with Crippen LogP contribution in [0, 0.1) is 0 Å². The minimum Gasteiger partial charge on any atom is -0.398 e. The maximum atomic E-state index is 9.64. The van der Waals surface area contributed by atoms with E-state index in [1.165, 1.54) is 0 Å². The molecule has 5 N–H and O–H groups in total. The van der Waals surface area contributed by atoms with Crippen molar-refractivity contribution in [3.63, 3.8) is 0 Å². The molecule has 0 fully saturated rings. The molecule has 0 bridgehead atoms. The summed E-state index contributed by atoms with van der Waals surface area (Å²) in [5, 5.41) is 21.5. The number of aliphatic hydroxyl groups excluding tert-OH is 1. The molecular formula is C21H30ClN7O. The van der Waals surface area contributed by atoms with Gasteiger partial charge in [-0.2, -0.15) is 10.1 Å². The molecule has 0 aliphatic heterocycles. The van der Waals surface area contributed by atoms with Crippen molar-refractivity contribution in [2.45, 2.75) is 59.2 Å². The second-order valence-corrected chi connectivity index (χ2v) is 8.52. The number of nitrogens with zero attached hydrogens (tertiary/aromatic N) is 4. The highest BCUT2D eigenvalue weighted by Gasteiger charge is 2.22. The van der Waals surface area contributed by atoms with Gasteiger partial charge in [0, 0.05) is 19.1 Å². The first-order chi connectivity index (χ1) is 14.2. The maximum absolute atomic E-state index is 9.64. The molecule has 1 atom stereocenters. The molecule has 1 aromatic carbocycles. The van der Waals surface area contributed by atoms with Gasteiger partial charge in [-0.3, -0.25) is 4.68 Å². The summed E-state index contributed by atoms with van der Waals surface area (Å²) in [6, 6.07) is 5.70. The van der Waals surface area contributed by atoms with Gasteiger partial charge in [-0.15, -0.1) is 0 Å². The van der Waals surface area contributed by atoms with E-state index in [0.717, 1.165) is 22.3 Å². The number of nitrogen functional groups attached to an aromatic ring is 1. The third-order valence-corrected chi connectivity index (χ3v) is 5.03. The predicted octanol–water partition coefficient (Wildman–Crippen LogP) is 4.17. The molecule has 0 aliphatic carbocycles. The molecule has 3 aromatic rings. The van der Waals surface area contributed by atoms with Crippen LogP contribution in [0.15, 0.2) is 18.2 Å². The molecule has 2 aromatic heterocycles. The second-order valence-electron chi connectivity index (χ2n) is 8.11. The number of nitrogens with one attached hydrogen (secondary N) is 2. The van der Waals surface area contributed by atoms with Gasteiger partial charge in [0.25, 0.3) is 0 Å². The average molecular weight is 432 g/mol. The van der Waals surface area contributed by atoms with E-state index in [9.17, 15) is 5.11 Å². The number of anilines is 3. The standard InChI is InChI=1S/C21H30ClN7O/c1-11(2)17-18-19(29(28-17)12(3)4)20(27-21(26-18)25-9-13(5)30)24-10-14-6-7-15(22)16(23)8-14/h6-8,11-13,30H,9-10,23H2,1-5H3,(H2,24,25,26,27). The van der Waals surface area contributed by atoms with Crippen LogP contribution in [0.1, 0.15) is 57.8 Å². The Morgan fingerprint density at radius 3 is 2.47 bits per heavy atom. The quantitative estimate of drug-likeness (QED) is 0.395. The van der Waals surface area contributed by atoms with E-state index < -0.39 is 6.10 Å². The van der Waals surface area contributed by atoms with Crippen molar-refractivity contribution in [2.75, 3.05) is 22.9 Å². The summed E-state index contributed by atoms with van der Waals surface area (Å²) in [7, 11) is 0. The highest BCUT2D eigenvalue weighted by molar-refractivity contribution is 6.33. The van der Waals surface area contributed by atoms with Crippen LogP contribution < -0.4 is 16.4 Å². The first-order valence-electron chi connectivity index (χ1n) is 10.2. The number of aromatic nitrogens is 4. The zero-order valence-electron chi connectivity index (χ0n) is 18.1. The lowest BCUT2D eigenvalue weighted by Gasteiger charge is -2.14. The van der Waals surface area contributed by atoms with Crippen molar-refractivity contribution in [2.24, 2.45) is 0 Å². The summed E-state index contributed by atoms with van der Waals surface area (Å²) in [6.07, 6.45) is -0.513. The summed E-state index contributed by atoms with van der Waals surface area (Å²) in [4.78, 5) is 9.40. The highest BCUT2D eigenvalue weighted by Crippen LogP contribution is 2.31. The molecule has 2 heterocycles. The number of aliphatic hydroxyl groups is 1. The number of hydrogen-bond donors (Lipinski definition) is 4. The lowest BCUT2D eigenvalue weighted by Crippen LogP contribution is -2.18. The molecule has 9 heteroatoms. The van der Waals surface area contributed by atoms with Crippen molar-refractivity contribution < 1.29 is 5.11 Å². The lowest BCUT2D eigenvalue weighted by molar-refractivity contribution is 0.208. The highest BCUT2D eigenvalue weighted by atomic mass is 35.5. The summed E-state index contributed by atoms with van der Waals surface area (Å²) >= 11 is 6.04. The van der Waals surface area contributed by atoms with Crippen LogP contribution in [0.25, 0.3) is 11.0 Å². The Morgan fingerprint density at radius 2 is 1.87 bits per heavy atom. The van der Waals surface area contributed by atoms with Gasteiger partial charge in [0.05, 0.1) is 22.5 Å². The average Bonchev–Trinajstić information content (AvgIpc) is 3.07. The maximum Gasteiger partial charge on any atom is 0.225 e. The van der Waals surface area contributed by atoms with Crippen LogP contribution >= 0.6 is 11.6 Å². The van der Waals surface area contributed by atoms with Gasteiger partial charge in [-0.05, 0) is 44.4 Å². The van der Waals surface area contributed by atoms with Crippen LogP contribution in [-0.2, 0) is 6.54 Å². The third kappa shape index (κ3) is 4.76. The van der Waals surface area contributed by atoms with E-state index in [4.69, 9.17) is 27.4 Å². The Bertz CT molecular complexity index is 1030. The molecule has 30 heavy (non-hydrogen) atoms. The minimum absolute atomic E-state index is 0.145. The smallest absolute Gasteiger partial charge is 0.225 e. The Hall–Kier alpha value is -2.58. The summed E-state index contributed by atoms with van der Waals surface area (Å²) in [5.74, 6) is 1.33. The van der Waals surface area contributed by atoms with E-state index in [-0.39, 0.29) is 12.0 Å². The third-order valence-electron chi connectivity index (χ3n) is 4.68. The molecule has 0 spiro atoms. The van der Waals surface area contributed by atoms with Crippen molar-refractivity contribution >= 4 is 40.1 Å². The summed E-state index contributed by atoms with van der Waals surface area (Å²) in [5.41, 5.74) is 10.0. The SMILES string of the molecule is CC(O)CNc1nc(NCc2ccc(Cl)c(N)c2)c2c(n1)c(C(C)C)nn2C(C)C. The van der Waals surface area contributed by atoms with E-state index in [1.54, 1.807) is 13.0 Å². The van der Waals surface area contributed by atoms with Crippen molar-refractivity contribution in [1.82, 2.24) is 19.7 Å². The molecule has 0 saturated carbocycles. The van der Waals surface area contributed by atoms with E-state index >= 15 is 0 Å². The first-order valence-corrected chi connectivity index (χ1v) is 10.5. The van der Waals surface area contributed by atoms with Gasteiger partial charge >= 0.3 is 0 Å². The fourth-order valence-electron chi connectivity index (χ4n) is 3.16. The summed E-state index contributed by atoms with van der Waals surface area (Å²) < 4.78 is 1.96. The van der Waals surface area contributed by atoms with Gasteiger partial charge in [0.1, 0.15) is 11.0 Å². The normalized spacial score (nSPS) is 12.7. The number of fused-ring (bicyclic) bond motifs is 1. The lowest BCUT2D eigenvalue weighted by atomic mass is 10.1. The van der Waals surface area contributed by atoms with Gasteiger partial charge in [-0.25, -0.2) is 4.98 Å². The zero-order valence-corrected chi connectivity index (χ0v) is 18.8. The van der Waals surface area contributed by atoms with Gasteiger partial charge in [0.2, 0.25) is 5.95 Å². The Labute approximate surface area is 181 Å². The van der Waals surface area contributed by atoms with Crippen molar-refractivity contribution in [3.8, 4) is 0 Å². The second kappa shape index (κ2) is 9.06. The van der Waals surface area contributed by atoms with E-state index in [0.29, 0.717) is 35.6 Å². The molecule has 0 amide bonds. The molecule has 0 radical (unpaired) electrons. The number of hydrogen-bond acceptors (Lipinski definition) is 7. The Morgan fingerprint density at radius 1 is 1.13 bits per heavy atom. The van der Waals surface area contributed by atoms with Crippen LogP contribution in [0.5, 0.6) is 0 Å². The fourth-order valence-corrected chi connectivity index (χ4v) is 3.27. The Balaban J connectivity index is 2.07. The zero-order chi connectivity index (χ0) is 22.0. The minimum atomic E-state index is -0.513. The Kier molecular flexibility index (Phi) is 6.67. The molecule has 3 rings (SSSR count). The molecule has 0 saturated heterocycles. The number of nitrogens with two attached hydrogens (primary N) is 1. The predicted molar refractivity (Wildman–Crippen MR) is 123 cm³/mol. The molecule has 8 nitrogen and oxygen atoms in total. The summed E-state index contributed by atoms with van der Waals surface area (Å²) in [6.45, 7) is 10.9. The fraction of sp³-hybridized carbons (Fsp3) is 0.476. The topological polar surface area (TPSA) is 114 Å². The van der Waals surface area contributed by atoms with Gasteiger partial charge in [-0.1, -0.05) is 31.5 Å². The van der Waals surface area contributed by atoms with Crippen LogP contribution in [0.2, 0.25) is 5.02 Å². The van der Waals surface area contributed by atoms with E-state index in [1.807, 2.05) is 16.8 Å². The monoisotopic (exact) mass is 431 g/mol. The number of benzene rings is 1. The van der Waals surface area contributed by atoms with Crippen molar-refractivity contribution in [1.29, 1.82) is 0 Å². The molecule has 1 unspecified atom stereocenters.